The summed E-state index contributed by atoms with van der Waals surface area (Å²) in [6.07, 6.45) is -16.8. The molecule has 0 radical (unpaired) electrons. The third-order valence-corrected chi connectivity index (χ3v) is 7.82. The molecule has 0 unspecified atom stereocenters. The fourth-order valence-electron chi connectivity index (χ4n) is 5.28. The molecule has 0 amide bonds. The zero-order valence-electron chi connectivity index (χ0n) is 24.6. The molecule has 2 aromatic carbocycles. The molecule has 0 bridgehead atoms. The lowest BCUT2D eigenvalue weighted by Gasteiger charge is -2.45. The van der Waals surface area contributed by atoms with Gasteiger partial charge in [-0.1, -0.05) is 0 Å². The largest absolute Gasteiger partial charge is 0.508 e. The van der Waals surface area contributed by atoms with Gasteiger partial charge in [0, 0.05) is 17.7 Å². The Labute approximate surface area is 259 Å². The molecule has 2 aliphatic heterocycles. The summed E-state index contributed by atoms with van der Waals surface area (Å²) in [5, 5.41) is 92.7. The minimum atomic E-state index is -1.91. The van der Waals surface area contributed by atoms with Crippen LogP contribution in [0, 0.1) is 0 Å². The molecule has 1 aromatic heterocycles. The molecular formula is C29H34O17. The minimum absolute atomic E-state index is 0.0270. The van der Waals surface area contributed by atoms with E-state index in [2.05, 4.69) is 0 Å². The van der Waals surface area contributed by atoms with Crippen molar-refractivity contribution in [3.8, 4) is 45.8 Å². The molecule has 2 fully saturated rings. The van der Waals surface area contributed by atoms with Gasteiger partial charge >= 0.3 is 0 Å². The predicted molar refractivity (Wildman–Crippen MR) is 152 cm³/mol. The lowest BCUT2D eigenvalue weighted by atomic mass is 9.97. The Morgan fingerprint density at radius 3 is 2.07 bits per heavy atom. The molecule has 0 aliphatic carbocycles. The first kappa shape index (κ1) is 33.5. The Bertz CT molecular complexity index is 1600. The van der Waals surface area contributed by atoms with E-state index >= 15 is 0 Å². The molecule has 17 heteroatoms. The molecule has 252 valence electrons. The van der Waals surface area contributed by atoms with Crippen LogP contribution in [0.25, 0.3) is 22.3 Å². The third-order valence-electron chi connectivity index (χ3n) is 7.82. The molecule has 0 spiro atoms. The monoisotopic (exact) mass is 654 g/mol. The number of methoxy groups -OCH3 is 2. The maximum absolute atomic E-state index is 13.9. The van der Waals surface area contributed by atoms with E-state index in [1.165, 1.54) is 33.3 Å². The maximum atomic E-state index is 13.9. The van der Waals surface area contributed by atoms with Crippen LogP contribution in [0.4, 0.5) is 0 Å². The highest BCUT2D eigenvalue weighted by Crippen LogP contribution is 2.44. The van der Waals surface area contributed by atoms with Crippen LogP contribution < -0.4 is 19.6 Å². The summed E-state index contributed by atoms with van der Waals surface area (Å²) in [6, 6.07) is 4.48. The Morgan fingerprint density at radius 1 is 0.804 bits per heavy atom. The van der Waals surface area contributed by atoms with Crippen molar-refractivity contribution in [1.82, 2.24) is 0 Å². The van der Waals surface area contributed by atoms with Crippen molar-refractivity contribution in [3.63, 3.8) is 0 Å². The number of rotatable bonds is 8. The van der Waals surface area contributed by atoms with Gasteiger partial charge < -0.3 is 78.8 Å². The van der Waals surface area contributed by atoms with Crippen molar-refractivity contribution in [2.75, 3.05) is 20.8 Å². The van der Waals surface area contributed by atoms with E-state index < -0.39 is 96.1 Å². The van der Waals surface area contributed by atoms with E-state index in [4.69, 9.17) is 32.8 Å². The van der Waals surface area contributed by atoms with Crippen LogP contribution in [0.2, 0.25) is 0 Å². The van der Waals surface area contributed by atoms with Gasteiger partial charge in [0.2, 0.25) is 23.2 Å². The molecule has 17 nitrogen and oxygen atoms in total. The van der Waals surface area contributed by atoms with E-state index in [0.29, 0.717) is 0 Å². The maximum Gasteiger partial charge on any atom is 0.239 e. The van der Waals surface area contributed by atoms with Crippen molar-refractivity contribution in [2.24, 2.45) is 0 Å². The van der Waals surface area contributed by atoms with Gasteiger partial charge in [0.1, 0.15) is 59.1 Å². The number of phenolic OH excluding ortho intramolecular Hbond substituents is 3. The van der Waals surface area contributed by atoms with Gasteiger partial charge in [-0.15, -0.1) is 0 Å². The molecule has 9 N–H and O–H groups in total. The number of aromatic hydroxyl groups is 3. The summed E-state index contributed by atoms with van der Waals surface area (Å²) in [5.74, 6) is -2.72. The van der Waals surface area contributed by atoms with E-state index in [0.717, 1.165) is 12.1 Å². The van der Waals surface area contributed by atoms with Gasteiger partial charge in [-0.3, -0.25) is 4.79 Å². The Morgan fingerprint density at radius 2 is 1.46 bits per heavy atom. The van der Waals surface area contributed by atoms with Crippen LogP contribution in [0.15, 0.2) is 33.5 Å². The van der Waals surface area contributed by atoms with Gasteiger partial charge in [0.15, 0.2) is 29.7 Å². The van der Waals surface area contributed by atoms with Gasteiger partial charge in [0.05, 0.1) is 26.9 Å². The molecule has 46 heavy (non-hydrogen) atoms. The molecule has 3 heterocycles. The second-order valence-corrected chi connectivity index (χ2v) is 10.8. The van der Waals surface area contributed by atoms with Gasteiger partial charge in [-0.2, -0.15) is 0 Å². The van der Waals surface area contributed by atoms with Crippen LogP contribution in [-0.4, -0.2) is 128 Å². The second kappa shape index (κ2) is 13.1. The fourth-order valence-corrected chi connectivity index (χ4v) is 5.28. The van der Waals surface area contributed by atoms with Crippen LogP contribution in [0.1, 0.15) is 6.92 Å². The molecule has 3 aromatic rings. The van der Waals surface area contributed by atoms with Crippen molar-refractivity contribution in [3.05, 3.63) is 34.5 Å². The first-order chi connectivity index (χ1) is 21.8. The minimum Gasteiger partial charge on any atom is -0.508 e. The number of hydrogen-bond donors (Lipinski definition) is 9. The Balaban J connectivity index is 1.64. The fraction of sp³-hybridized carbons (Fsp3) is 0.483. The van der Waals surface area contributed by atoms with E-state index in [9.17, 15) is 50.8 Å². The van der Waals surface area contributed by atoms with Crippen molar-refractivity contribution in [2.45, 2.75) is 68.3 Å². The average Bonchev–Trinajstić information content (AvgIpc) is 3.02. The molecule has 2 aliphatic rings. The summed E-state index contributed by atoms with van der Waals surface area (Å²) in [7, 11) is 2.51. The summed E-state index contributed by atoms with van der Waals surface area (Å²) < 4.78 is 39.2. The number of phenols is 3. The van der Waals surface area contributed by atoms with Crippen LogP contribution in [0.3, 0.4) is 0 Å². The average molecular weight is 655 g/mol. The molecule has 10 atom stereocenters. The number of hydrogen-bond acceptors (Lipinski definition) is 17. The van der Waals surface area contributed by atoms with Gasteiger partial charge in [0.25, 0.3) is 0 Å². The van der Waals surface area contributed by atoms with Gasteiger partial charge in [-0.25, -0.2) is 0 Å². The third kappa shape index (κ3) is 5.88. The summed E-state index contributed by atoms with van der Waals surface area (Å²) in [5.41, 5.74) is -1.25. The predicted octanol–water partition coefficient (Wildman–Crippen LogP) is -1.38. The van der Waals surface area contributed by atoms with Gasteiger partial charge in [-0.05, 0) is 19.1 Å². The topological polar surface area (TPSA) is 268 Å². The lowest BCUT2D eigenvalue weighted by molar-refractivity contribution is -0.355. The number of fused-ring (bicyclic) bond motifs is 1. The number of ether oxygens (including phenoxy) is 6. The number of benzene rings is 2. The summed E-state index contributed by atoms with van der Waals surface area (Å²) in [4.78, 5) is 13.9. The number of aliphatic hydroxyl groups excluding tert-OH is 6. The molecule has 2 saturated heterocycles. The molecule has 0 saturated carbocycles. The van der Waals surface area contributed by atoms with Crippen LogP contribution in [0.5, 0.6) is 34.5 Å². The highest BCUT2D eigenvalue weighted by molar-refractivity contribution is 5.88. The van der Waals surface area contributed by atoms with Crippen LogP contribution >= 0.6 is 0 Å². The van der Waals surface area contributed by atoms with Crippen molar-refractivity contribution >= 4 is 11.0 Å². The second-order valence-electron chi connectivity index (χ2n) is 10.8. The smallest absolute Gasteiger partial charge is 0.239 e. The Kier molecular flexibility index (Phi) is 9.50. The lowest BCUT2D eigenvalue weighted by Crippen LogP contribution is -2.64. The normalized spacial score (nSPS) is 31.5. The first-order valence-electron chi connectivity index (χ1n) is 13.9. The van der Waals surface area contributed by atoms with E-state index in [-0.39, 0.29) is 34.2 Å². The quantitative estimate of drug-likeness (QED) is 0.135. The SMILES string of the molecule is COc1cc(-c2oc3cc(O)cc(O)c3c(=O)c2O[C@@H]2O[C@@H](C)[C@H](O)[C@@H](O)[C@H]2O[C@@H]2O[C@H](CO)[C@@H](O)[C@H](O)[C@H]2O)cc(OC)c1O. The zero-order chi connectivity index (χ0) is 33.6. The van der Waals surface area contributed by atoms with Crippen molar-refractivity contribution < 1.29 is 78.8 Å². The van der Waals surface area contributed by atoms with E-state index in [1.54, 1.807) is 0 Å². The summed E-state index contributed by atoms with van der Waals surface area (Å²) in [6.45, 7) is 0.594. The highest BCUT2D eigenvalue weighted by atomic mass is 16.8. The zero-order valence-corrected chi connectivity index (χ0v) is 24.6. The Hall–Kier alpha value is -3.91. The standard InChI is InChI=1S/C29H34O17/c1-9-18(33)23(38)27(46-28-24(39)22(37)20(35)16(8-30)44-28)29(42-9)45-26-21(36)17-12(32)6-11(31)7-13(17)43-25(26)10-4-14(40-2)19(34)15(5-10)41-3/h4-7,9,16,18,20,22-24,27-35,37-39H,8H2,1-3H3/t9-,16+,18-,20+,22-,23+,24+,27+,28-,29-/m0/s1. The molecule has 5 rings (SSSR count). The summed E-state index contributed by atoms with van der Waals surface area (Å²) >= 11 is 0. The molecular weight excluding hydrogens is 620 g/mol. The highest BCUT2D eigenvalue weighted by Gasteiger charge is 2.51. The first-order valence-corrected chi connectivity index (χ1v) is 13.9. The van der Waals surface area contributed by atoms with E-state index in [1.807, 2.05) is 0 Å². The number of aliphatic hydroxyl groups is 6. The van der Waals surface area contributed by atoms with Crippen LogP contribution in [-0.2, 0) is 14.2 Å². The van der Waals surface area contributed by atoms with Crippen molar-refractivity contribution in [1.29, 1.82) is 0 Å².